The molecule has 0 aliphatic carbocycles. The van der Waals surface area contributed by atoms with E-state index in [2.05, 4.69) is 27.5 Å². The Balaban J connectivity index is 1.66. The van der Waals surface area contributed by atoms with Crippen LogP contribution in [0.1, 0.15) is 18.4 Å². The van der Waals surface area contributed by atoms with Crippen LogP contribution in [0.5, 0.6) is 0 Å². The monoisotopic (exact) mass is 210 g/mol. The average Bonchev–Trinajstić information content (AvgIpc) is 2.77. The Morgan fingerprint density at radius 1 is 1.64 bits per heavy atom. The van der Waals surface area contributed by atoms with Crippen LogP contribution in [0.25, 0.3) is 0 Å². The molecule has 1 saturated heterocycles. The van der Waals surface area contributed by atoms with E-state index in [-0.39, 0.29) is 5.91 Å². The predicted octanol–water partition coefficient (Wildman–Crippen LogP) is 1.12. The Labute approximate surface area is 87.5 Å². The highest BCUT2D eigenvalue weighted by Gasteiger charge is 2.19. The molecule has 4 heteroatoms. The fourth-order valence-electron chi connectivity index (χ4n) is 1.61. The summed E-state index contributed by atoms with van der Waals surface area (Å²) in [6.07, 6.45) is 1.65. The van der Waals surface area contributed by atoms with Gasteiger partial charge in [-0.2, -0.15) is 11.3 Å². The first kappa shape index (κ1) is 9.68. The molecule has 1 atom stereocenters. The molecule has 0 spiro atoms. The van der Waals surface area contributed by atoms with Crippen molar-refractivity contribution in [1.29, 1.82) is 0 Å². The van der Waals surface area contributed by atoms with Gasteiger partial charge in [-0.25, -0.2) is 0 Å². The number of hydrogen-bond donors (Lipinski definition) is 2. The van der Waals surface area contributed by atoms with Crippen molar-refractivity contribution in [2.45, 2.75) is 25.4 Å². The van der Waals surface area contributed by atoms with Gasteiger partial charge in [0.1, 0.15) is 0 Å². The lowest BCUT2D eigenvalue weighted by atomic mass is 10.2. The lowest BCUT2D eigenvalue weighted by Gasteiger charge is -2.10. The van der Waals surface area contributed by atoms with Crippen LogP contribution >= 0.6 is 11.3 Å². The zero-order valence-electron chi connectivity index (χ0n) is 7.95. The first-order valence-corrected chi connectivity index (χ1v) is 5.80. The molecular weight excluding hydrogens is 196 g/mol. The van der Waals surface area contributed by atoms with E-state index in [0.29, 0.717) is 12.5 Å². The van der Waals surface area contributed by atoms with Gasteiger partial charge < -0.3 is 10.6 Å². The third kappa shape index (κ3) is 2.56. The summed E-state index contributed by atoms with van der Waals surface area (Å²) in [5.41, 5.74) is 1.32. The molecule has 1 aliphatic heterocycles. The van der Waals surface area contributed by atoms with Gasteiger partial charge in [0, 0.05) is 25.6 Å². The molecule has 76 valence electrons. The maximum atomic E-state index is 10.9. The first-order valence-electron chi connectivity index (χ1n) is 4.86. The van der Waals surface area contributed by atoms with E-state index in [1.54, 1.807) is 11.3 Å². The molecule has 1 aromatic rings. The molecule has 0 bridgehead atoms. The minimum atomic E-state index is 0.187. The zero-order chi connectivity index (χ0) is 9.80. The highest BCUT2D eigenvalue weighted by molar-refractivity contribution is 7.07. The van der Waals surface area contributed by atoms with Crippen molar-refractivity contribution >= 4 is 17.2 Å². The first-order chi connectivity index (χ1) is 6.84. The van der Waals surface area contributed by atoms with Crippen LogP contribution in [0.2, 0.25) is 0 Å². The number of nitrogens with one attached hydrogen (secondary N) is 2. The molecule has 1 unspecified atom stereocenters. The van der Waals surface area contributed by atoms with Crippen LogP contribution in [0.3, 0.4) is 0 Å². The van der Waals surface area contributed by atoms with Crippen LogP contribution in [-0.4, -0.2) is 18.5 Å². The van der Waals surface area contributed by atoms with Crippen LogP contribution in [-0.2, 0) is 11.3 Å². The fraction of sp³-hybridized carbons (Fsp3) is 0.500. The normalized spacial score (nSPS) is 21.1. The average molecular weight is 210 g/mol. The lowest BCUT2D eigenvalue weighted by Crippen LogP contribution is -2.35. The van der Waals surface area contributed by atoms with Crippen LogP contribution < -0.4 is 10.6 Å². The van der Waals surface area contributed by atoms with Crippen molar-refractivity contribution in [3.05, 3.63) is 22.4 Å². The third-order valence-electron chi connectivity index (χ3n) is 2.38. The zero-order valence-corrected chi connectivity index (χ0v) is 8.77. The SMILES string of the molecule is O=C1CCC(CNCc2ccsc2)N1. The summed E-state index contributed by atoms with van der Waals surface area (Å²) < 4.78 is 0. The summed E-state index contributed by atoms with van der Waals surface area (Å²) in [5, 5.41) is 10.5. The van der Waals surface area contributed by atoms with Gasteiger partial charge in [-0.3, -0.25) is 4.79 Å². The van der Waals surface area contributed by atoms with Crippen molar-refractivity contribution in [1.82, 2.24) is 10.6 Å². The van der Waals surface area contributed by atoms with Gasteiger partial charge in [0.2, 0.25) is 5.91 Å². The minimum Gasteiger partial charge on any atom is -0.352 e. The number of rotatable bonds is 4. The van der Waals surface area contributed by atoms with Crippen LogP contribution in [0.15, 0.2) is 16.8 Å². The smallest absolute Gasteiger partial charge is 0.220 e. The van der Waals surface area contributed by atoms with Crippen molar-refractivity contribution in [2.75, 3.05) is 6.54 Å². The second kappa shape index (κ2) is 4.57. The van der Waals surface area contributed by atoms with E-state index < -0.39 is 0 Å². The summed E-state index contributed by atoms with van der Waals surface area (Å²) in [6, 6.07) is 2.45. The molecule has 2 heterocycles. The molecule has 1 aromatic heterocycles. The molecule has 2 N–H and O–H groups in total. The Kier molecular flexibility index (Phi) is 3.16. The molecule has 2 rings (SSSR count). The van der Waals surface area contributed by atoms with Crippen LogP contribution in [0.4, 0.5) is 0 Å². The van der Waals surface area contributed by atoms with Gasteiger partial charge >= 0.3 is 0 Å². The Morgan fingerprint density at radius 3 is 3.21 bits per heavy atom. The maximum absolute atomic E-state index is 10.9. The van der Waals surface area contributed by atoms with Crippen molar-refractivity contribution in [3.8, 4) is 0 Å². The largest absolute Gasteiger partial charge is 0.352 e. The Bertz CT molecular complexity index is 297. The molecule has 3 nitrogen and oxygen atoms in total. The molecule has 0 aromatic carbocycles. The van der Waals surface area contributed by atoms with E-state index in [0.717, 1.165) is 19.5 Å². The van der Waals surface area contributed by atoms with Crippen molar-refractivity contribution in [2.24, 2.45) is 0 Å². The quantitative estimate of drug-likeness (QED) is 0.782. The molecule has 0 saturated carbocycles. The molecule has 1 amide bonds. The number of thiophene rings is 1. The molecule has 1 aliphatic rings. The van der Waals surface area contributed by atoms with E-state index in [9.17, 15) is 4.79 Å². The standard InChI is InChI=1S/C10H14N2OS/c13-10-2-1-9(12-10)6-11-5-8-3-4-14-7-8/h3-4,7,9,11H,1-2,5-6H2,(H,12,13). The van der Waals surface area contributed by atoms with Gasteiger partial charge in [-0.15, -0.1) is 0 Å². The fourth-order valence-corrected chi connectivity index (χ4v) is 2.28. The second-order valence-electron chi connectivity index (χ2n) is 3.57. The van der Waals surface area contributed by atoms with E-state index in [4.69, 9.17) is 0 Å². The predicted molar refractivity (Wildman–Crippen MR) is 57.2 cm³/mol. The highest BCUT2D eigenvalue weighted by Crippen LogP contribution is 2.07. The van der Waals surface area contributed by atoms with Crippen molar-refractivity contribution < 1.29 is 4.79 Å². The summed E-state index contributed by atoms with van der Waals surface area (Å²) in [6.45, 7) is 1.78. The molecule has 1 fully saturated rings. The summed E-state index contributed by atoms with van der Waals surface area (Å²) in [4.78, 5) is 10.9. The Hall–Kier alpha value is -0.870. The number of carbonyl (C=O) groups excluding carboxylic acids is 1. The maximum Gasteiger partial charge on any atom is 0.220 e. The van der Waals surface area contributed by atoms with Crippen LogP contribution in [0, 0.1) is 0 Å². The molecule has 14 heavy (non-hydrogen) atoms. The number of amides is 1. The van der Waals surface area contributed by atoms with Gasteiger partial charge in [0.15, 0.2) is 0 Å². The van der Waals surface area contributed by atoms with Gasteiger partial charge in [0.25, 0.3) is 0 Å². The third-order valence-corrected chi connectivity index (χ3v) is 3.12. The van der Waals surface area contributed by atoms with Gasteiger partial charge in [-0.05, 0) is 28.8 Å². The Morgan fingerprint density at radius 2 is 2.57 bits per heavy atom. The topological polar surface area (TPSA) is 41.1 Å². The molecular formula is C10H14N2OS. The van der Waals surface area contributed by atoms with Gasteiger partial charge in [-0.1, -0.05) is 0 Å². The lowest BCUT2D eigenvalue weighted by molar-refractivity contribution is -0.119. The van der Waals surface area contributed by atoms with Gasteiger partial charge in [0.05, 0.1) is 0 Å². The van der Waals surface area contributed by atoms with Crippen molar-refractivity contribution in [3.63, 3.8) is 0 Å². The van der Waals surface area contributed by atoms with E-state index in [1.165, 1.54) is 5.56 Å². The summed E-state index contributed by atoms with van der Waals surface area (Å²) in [5.74, 6) is 0.187. The highest BCUT2D eigenvalue weighted by atomic mass is 32.1. The van der Waals surface area contributed by atoms with E-state index in [1.807, 2.05) is 0 Å². The summed E-state index contributed by atoms with van der Waals surface area (Å²) >= 11 is 1.71. The number of carbonyl (C=O) groups is 1. The minimum absolute atomic E-state index is 0.187. The van der Waals surface area contributed by atoms with E-state index >= 15 is 0 Å². The second-order valence-corrected chi connectivity index (χ2v) is 4.35. The summed E-state index contributed by atoms with van der Waals surface area (Å²) in [7, 11) is 0. The molecule has 0 radical (unpaired) electrons. The number of hydrogen-bond acceptors (Lipinski definition) is 3.